The molecule has 15 heavy (non-hydrogen) atoms. The molecule has 1 aromatic rings. The lowest BCUT2D eigenvalue weighted by Crippen LogP contribution is -2.17. The van der Waals surface area contributed by atoms with Crippen LogP contribution >= 0.6 is 0 Å². The Hall–Kier alpha value is -1.18. The Balaban J connectivity index is 3.19. The normalized spacial score (nSPS) is 11.5. The highest BCUT2D eigenvalue weighted by Crippen LogP contribution is 2.33. The zero-order valence-electron chi connectivity index (χ0n) is 10.3. The number of hydrogen-bond donors (Lipinski definition) is 1. The van der Waals surface area contributed by atoms with Gasteiger partial charge in [0.2, 0.25) is 0 Å². The van der Waals surface area contributed by atoms with E-state index >= 15 is 0 Å². The number of phenols is 1. The lowest BCUT2D eigenvalue weighted by Gasteiger charge is -2.25. The molecule has 0 aliphatic carbocycles. The maximum Gasteiger partial charge on any atom is 0.138 e. The van der Waals surface area contributed by atoms with E-state index in [1.807, 2.05) is 25.1 Å². The Morgan fingerprint density at radius 3 is 2.33 bits per heavy atom. The second kappa shape index (κ2) is 4.13. The fraction of sp³-hybridized carbons (Fsp3) is 0.538. The molecule has 0 heterocycles. The molecule has 0 spiro atoms. The van der Waals surface area contributed by atoms with Crippen LogP contribution < -0.4 is 4.90 Å². The van der Waals surface area contributed by atoms with Gasteiger partial charge in [0.1, 0.15) is 5.75 Å². The fourth-order valence-corrected chi connectivity index (χ4v) is 1.51. The van der Waals surface area contributed by atoms with Crippen LogP contribution in [0, 0.1) is 0 Å². The Kier molecular flexibility index (Phi) is 3.28. The summed E-state index contributed by atoms with van der Waals surface area (Å²) in [4.78, 5) is 1.94. The lowest BCUT2D eigenvalue weighted by molar-refractivity contribution is 0.472. The molecule has 2 nitrogen and oxygen atoms in total. The minimum Gasteiger partial charge on any atom is -0.506 e. The minimum absolute atomic E-state index is 0.165. The standard InChI is InChI=1S/C13H21NO/c1-6-13(2,3)10-7-8-12(15)11(9-10)14(4)5/h7-9,15H,6H2,1-5H3. The van der Waals surface area contributed by atoms with Crippen LogP contribution in [0.5, 0.6) is 5.75 Å². The number of hydrogen-bond acceptors (Lipinski definition) is 2. The number of aromatic hydroxyl groups is 1. The van der Waals surface area contributed by atoms with Crippen LogP contribution in [0.15, 0.2) is 18.2 Å². The second-order valence-corrected chi connectivity index (χ2v) is 4.84. The monoisotopic (exact) mass is 207 g/mol. The molecule has 0 aromatic heterocycles. The molecule has 1 aromatic carbocycles. The van der Waals surface area contributed by atoms with Crippen molar-refractivity contribution in [2.45, 2.75) is 32.6 Å². The van der Waals surface area contributed by atoms with Gasteiger partial charge in [-0.15, -0.1) is 0 Å². The smallest absolute Gasteiger partial charge is 0.138 e. The predicted octanol–water partition coefficient (Wildman–Crippen LogP) is 3.15. The molecule has 0 aliphatic heterocycles. The fourth-order valence-electron chi connectivity index (χ4n) is 1.51. The Morgan fingerprint density at radius 1 is 1.27 bits per heavy atom. The molecule has 0 radical (unpaired) electrons. The Labute approximate surface area is 92.5 Å². The van der Waals surface area contributed by atoms with E-state index in [0.29, 0.717) is 5.75 Å². The summed E-state index contributed by atoms with van der Waals surface area (Å²) in [5, 5.41) is 9.70. The molecular formula is C13H21NO. The van der Waals surface area contributed by atoms with Crippen molar-refractivity contribution in [3.63, 3.8) is 0 Å². The van der Waals surface area contributed by atoms with E-state index in [1.54, 1.807) is 6.07 Å². The number of nitrogens with zero attached hydrogens (tertiary/aromatic N) is 1. The third kappa shape index (κ3) is 2.44. The maximum absolute atomic E-state index is 9.70. The van der Waals surface area contributed by atoms with E-state index in [1.165, 1.54) is 5.56 Å². The highest BCUT2D eigenvalue weighted by molar-refractivity contribution is 5.59. The molecule has 0 atom stereocenters. The van der Waals surface area contributed by atoms with Crippen molar-refractivity contribution in [3.8, 4) is 5.75 Å². The summed E-state index contributed by atoms with van der Waals surface area (Å²) in [6, 6.07) is 5.85. The molecule has 0 aliphatic rings. The lowest BCUT2D eigenvalue weighted by atomic mass is 9.82. The number of rotatable bonds is 3. The molecule has 0 fully saturated rings. The number of benzene rings is 1. The summed E-state index contributed by atoms with van der Waals surface area (Å²) < 4.78 is 0. The summed E-state index contributed by atoms with van der Waals surface area (Å²) in [5.41, 5.74) is 2.32. The van der Waals surface area contributed by atoms with Crippen molar-refractivity contribution in [1.29, 1.82) is 0 Å². The predicted molar refractivity (Wildman–Crippen MR) is 65.8 cm³/mol. The molecule has 1 N–H and O–H groups in total. The first-order valence-electron chi connectivity index (χ1n) is 5.39. The van der Waals surface area contributed by atoms with Gasteiger partial charge in [-0.2, -0.15) is 0 Å². The molecule has 84 valence electrons. The van der Waals surface area contributed by atoms with Gasteiger partial charge in [-0.1, -0.05) is 26.8 Å². The van der Waals surface area contributed by atoms with E-state index in [-0.39, 0.29) is 5.41 Å². The van der Waals surface area contributed by atoms with E-state index in [4.69, 9.17) is 0 Å². The van der Waals surface area contributed by atoms with Gasteiger partial charge in [0.15, 0.2) is 0 Å². The molecule has 2 heteroatoms. The zero-order chi connectivity index (χ0) is 11.6. The third-order valence-corrected chi connectivity index (χ3v) is 3.12. The van der Waals surface area contributed by atoms with Crippen LogP contribution in [-0.2, 0) is 5.41 Å². The van der Waals surface area contributed by atoms with Crippen LogP contribution in [0.4, 0.5) is 5.69 Å². The molecule has 0 amide bonds. The molecular weight excluding hydrogens is 186 g/mol. The van der Waals surface area contributed by atoms with Crippen molar-refractivity contribution in [1.82, 2.24) is 0 Å². The highest BCUT2D eigenvalue weighted by atomic mass is 16.3. The number of anilines is 1. The Morgan fingerprint density at radius 2 is 1.87 bits per heavy atom. The van der Waals surface area contributed by atoms with Crippen LogP contribution in [0.25, 0.3) is 0 Å². The molecule has 1 rings (SSSR count). The van der Waals surface area contributed by atoms with E-state index in [0.717, 1.165) is 12.1 Å². The van der Waals surface area contributed by atoms with Gasteiger partial charge in [-0.25, -0.2) is 0 Å². The largest absolute Gasteiger partial charge is 0.506 e. The Bertz CT molecular complexity index is 342. The average molecular weight is 207 g/mol. The topological polar surface area (TPSA) is 23.5 Å². The van der Waals surface area contributed by atoms with E-state index in [2.05, 4.69) is 26.8 Å². The van der Waals surface area contributed by atoms with Crippen molar-refractivity contribution in [2.24, 2.45) is 0 Å². The third-order valence-electron chi connectivity index (χ3n) is 3.12. The van der Waals surface area contributed by atoms with Crippen molar-refractivity contribution in [2.75, 3.05) is 19.0 Å². The van der Waals surface area contributed by atoms with Crippen molar-refractivity contribution >= 4 is 5.69 Å². The molecule has 0 unspecified atom stereocenters. The summed E-state index contributed by atoms with van der Waals surface area (Å²) in [6.07, 6.45) is 1.09. The van der Waals surface area contributed by atoms with Gasteiger partial charge in [0, 0.05) is 14.1 Å². The van der Waals surface area contributed by atoms with Gasteiger partial charge in [-0.05, 0) is 29.5 Å². The van der Waals surface area contributed by atoms with Crippen LogP contribution in [-0.4, -0.2) is 19.2 Å². The molecule has 0 saturated heterocycles. The van der Waals surface area contributed by atoms with E-state index < -0.39 is 0 Å². The molecule has 0 saturated carbocycles. The maximum atomic E-state index is 9.70. The van der Waals surface area contributed by atoms with Crippen LogP contribution in [0.1, 0.15) is 32.8 Å². The number of phenolic OH excluding ortho intramolecular Hbond substituents is 1. The summed E-state index contributed by atoms with van der Waals surface area (Å²) in [6.45, 7) is 6.62. The van der Waals surface area contributed by atoms with Crippen molar-refractivity contribution < 1.29 is 5.11 Å². The first-order valence-corrected chi connectivity index (χ1v) is 5.39. The zero-order valence-corrected chi connectivity index (χ0v) is 10.3. The van der Waals surface area contributed by atoms with Crippen LogP contribution in [0.2, 0.25) is 0 Å². The summed E-state index contributed by atoms with van der Waals surface area (Å²) in [5.74, 6) is 0.343. The highest BCUT2D eigenvalue weighted by Gasteiger charge is 2.19. The minimum atomic E-state index is 0.165. The van der Waals surface area contributed by atoms with Gasteiger partial charge < -0.3 is 10.0 Å². The van der Waals surface area contributed by atoms with Crippen molar-refractivity contribution in [3.05, 3.63) is 23.8 Å². The average Bonchev–Trinajstić information content (AvgIpc) is 2.17. The van der Waals surface area contributed by atoms with Crippen LogP contribution in [0.3, 0.4) is 0 Å². The van der Waals surface area contributed by atoms with Gasteiger partial charge >= 0.3 is 0 Å². The first-order chi connectivity index (χ1) is 6.88. The van der Waals surface area contributed by atoms with Gasteiger partial charge in [0.05, 0.1) is 5.69 Å². The molecule has 0 bridgehead atoms. The van der Waals surface area contributed by atoms with Gasteiger partial charge in [-0.3, -0.25) is 0 Å². The quantitative estimate of drug-likeness (QED) is 0.823. The van der Waals surface area contributed by atoms with Gasteiger partial charge in [0.25, 0.3) is 0 Å². The van der Waals surface area contributed by atoms with E-state index in [9.17, 15) is 5.11 Å². The summed E-state index contributed by atoms with van der Waals surface area (Å²) in [7, 11) is 3.88. The SMILES string of the molecule is CCC(C)(C)c1ccc(O)c(N(C)C)c1. The first kappa shape index (κ1) is 11.9. The second-order valence-electron chi connectivity index (χ2n) is 4.84. The summed E-state index contributed by atoms with van der Waals surface area (Å²) >= 11 is 0.